The molecule has 116 valence electrons. The van der Waals surface area contributed by atoms with E-state index in [1.54, 1.807) is 25.2 Å². The number of fused-ring (bicyclic) bond motifs is 3. The van der Waals surface area contributed by atoms with Crippen molar-refractivity contribution in [3.8, 4) is 17.3 Å². The van der Waals surface area contributed by atoms with Crippen LogP contribution in [0.1, 0.15) is 27.5 Å². The summed E-state index contributed by atoms with van der Waals surface area (Å²) < 4.78 is 7.42. The predicted molar refractivity (Wildman–Crippen MR) is 82.1 cm³/mol. The van der Waals surface area contributed by atoms with Crippen LogP contribution in [0.5, 0.6) is 0 Å². The highest BCUT2D eigenvalue weighted by Crippen LogP contribution is 2.30. The van der Waals surface area contributed by atoms with Crippen LogP contribution < -0.4 is 0 Å². The van der Waals surface area contributed by atoms with E-state index >= 15 is 0 Å². The van der Waals surface area contributed by atoms with Gasteiger partial charge >= 0.3 is 0 Å². The molecular formula is C16H15N5O2. The van der Waals surface area contributed by atoms with Crippen LogP contribution in [-0.2, 0) is 6.54 Å². The van der Waals surface area contributed by atoms with Crippen LogP contribution in [0.15, 0.2) is 28.9 Å². The van der Waals surface area contributed by atoms with Crippen LogP contribution in [0.3, 0.4) is 0 Å². The number of aryl methyl sites for hydroxylation is 2. The average molecular weight is 309 g/mol. The number of benzene rings is 1. The van der Waals surface area contributed by atoms with Crippen molar-refractivity contribution in [2.24, 2.45) is 0 Å². The van der Waals surface area contributed by atoms with Gasteiger partial charge in [0.15, 0.2) is 5.69 Å². The van der Waals surface area contributed by atoms with E-state index in [4.69, 9.17) is 4.42 Å². The lowest BCUT2D eigenvalue weighted by Gasteiger charge is -2.14. The molecule has 1 amide bonds. The Bertz CT molecular complexity index is 924. The van der Waals surface area contributed by atoms with Gasteiger partial charge in [-0.15, -0.1) is 10.2 Å². The summed E-state index contributed by atoms with van der Waals surface area (Å²) in [6.45, 7) is 4.13. The van der Waals surface area contributed by atoms with Gasteiger partial charge in [-0.05, 0) is 19.1 Å². The highest BCUT2D eigenvalue weighted by atomic mass is 16.4. The fourth-order valence-electron chi connectivity index (χ4n) is 2.84. The molecule has 1 aliphatic heterocycles. The van der Waals surface area contributed by atoms with Gasteiger partial charge in [0.05, 0.1) is 23.5 Å². The molecule has 0 N–H and O–H groups in total. The Morgan fingerprint density at radius 3 is 2.78 bits per heavy atom. The molecule has 23 heavy (non-hydrogen) atoms. The van der Waals surface area contributed by atoms with Gasteiger partial charge in [0.25, 0.3) is 11.8 Å². The van der Waals surface area contributed by atoms with Crippen molar-refractivity contribution in [3.05, 3.63) is 47.2 Å². The summed E-state index contributed by atoms with van der Waals surface area (Å²) >= 11 is 0. The molecule has 3 aromatic rings. The third kappa shape index (κ3) is 2.04. The van der Waals surface area contributed by atoms with Gasteiger partial charge in [-0.3, -0.25) is 9.36 Å². The van der Waals surface area contributed by atoms with Gasteiger partial charge in [0.2, 0.25) is 5.89 Å². The molecular weight excluding hydrogens is 294 g/mol. The SMILES string of the molecule is Cc1ccc2c(c1)C(=O)N(C)Cc1c(-c3nnc(C)o3)ncn1-2. The second kappa shape index (κ2) is 4.77. The number of nitrogens with zero attached hydrogens (tertiary/aromatic N) is 5. The summed E-state index contributed by atoms with van der Waals surface area (Å²) in [7, 11) is 1.78. The quantitative estimate of drug-likeness (QED) is 0.688. The fraction of sp³-hybridized carbons (Fsp3) is 0.250. The van der Waals surface area contributed by atoms with Crippen molar-refractivity contribution < 1.29 is 9.21 Å². The molecule has 0 aliphatic carbocycles. The number of rotatable bonds is 1. The molecule has 7 heteroatoms. The minimum Gasteiger partial charge on any atom is -0.420 e. The first-order valence-electron chi connectivity index (χ1n) is 7.28. The lowest BCUT2D eigenvalue weighted by Crippen LogP contribution is -2.25. The monoisotopic (exact) mass is 309 g/mol. The minimum absolute atomic E-state index is 0.0138. The number of hydrogen-bond donors (Lipinski definition) is 0. The molecule has 4 rings (SSSR count). The maximum atomic E-state index is 12.6. The van der Waals surface area contributed by atoms with E-state index < -0.39 is 0 Å². The van der Waals surface area contributed by atoms with E-state index in [1.807, 2.05) is 29.7 Å². The molecule has 0 saturated heterocycles. The van der Waals surface area contributed by atoms with Crippen molar-refractivity contribution in [3.63, 3.8) is 0 Å². The summed E-state index contributed by atoms with van der Waals surface area (Å²) in [5.74, 6) is 0.837. The third-order valence-corrected chi connectivity index (χ3v) is 3.97. The first-order valence-corrected chi connectivity index (χ1v) is 7.28. The number of aromatic nitrogens is 4. The second-order valence-electron chi connectivity index (χ2n) is 5.72. The van der Waals surface area contributed by atoms with Gasteiger partial charge in [-0.2, -0.15) is 0 Å². The maximum absolute atomic E-state index is 12.6. The Kier molecular flexibility index (Phi) is 2.84. The van der Waals surface area contributed by atoms with Gasteiger partial charge < -0.3 is 9.32 Å². The van der Waals surface area contributed by atoms with Gasteiger partial charge in [-0.1, -0.05) is 11.6 Å². The molecule has 0 bridgehead atoms. The molecule has 0 radical (unpaired) electrons. The minimum atomic E-state index is -0.0138. The van der Waals surface area contributed by atoms with E-state index in [1.165, 1.54) is 0 Å². The molecule has 1 aliphatic rings. The Morgan fingerprint density at radius 2 is 2.04 bits per heavy atom. The maximum Gasteiger partial charge on any atom is 0.268 e. The lowest BCUT2D eigenvalue weighted by atomic mass is 10.1. The highest BCUT2D eigenvalue weighted by molar-refractivity contribution is 5.98. The average Bonchev–Trinajstić information content (AvgIpc) is 3.10. The van der Waals surface area contributed by atoms with E-state index in [9.17, 15) is 4.79 Å². The zero-order chi connectivity index (χ0) is 16.1. The third-order valence-electron chi connectivity index (χ3n) is 3.97. The smallest absolute Gasteiger partial charge is 0.268 e. The Morgan fingerprint density at radius 1 is 1.22 bits per heavy atom. The summed E-state index contributed by atoms with van der Waals surface area (Å²) in [6, 6.07) is 5.83. The molecule has 0 fully saturated rings. The van der Waals surface area contributed by atoms with Crippen LogP contribution in [0.2, 0.25) is 0 Å². The largest absolute Gasteiger partial charge is 0.420 e. The first-order chi connectivity index (χ1) is 11.0. The van der Waals surface area contributed by atoms with Crippen LogP contribution >= 0.6 is 0 Å². The van der Waals surface area contributed by atoms with E-state index in [0.29, 0.717) is 29.6 Å². The zero-order valence-electron chi connectivity index (χ0n) is 13.1. The van der Waals surface area contributed by atoms with E-state index in [2.05, 4.69) is 15.2 Å². The number of carbonyl (C=O) groups excluding carboxylic acids is 1. The molecule has 2 aromatic heterocycles. The number of hydrogen-bond acceptors (Lipinski definition) is 5. The van der Waals surface area contributed by atoms with Gasteiger partial charge in [0.1, 0.15) is 6.33 Å². The number of carbonyl (C=O) groups is 1. The standard InChI is InChI=1S/C16H15N5O2/c1-9-4-5-12-11(6-9)16(22)20(3)7-13-14(17-8-21(12)13)15-19-18-10(2)23-15/h4-6,8H,7H2,1-3H3. The van der Waals surface area contributed by atoms with Crippen molar-refractivity contribution in [2.45, 2.75) is 20.4 Å². The van der Waals surface area contributed by atoms with Crippen LogP contribution in [0, 0.1) is 13.8 Å². The first kappa shape index (κ1) is 13.7. The van der Waals surface area contributed by atoms with Gasteiger partial charge in [-0.25, -0.2) is 4.98 Å². The highest BCUT2D eigenvalue weighted by Gasteiger charge is 2.28. The van der Waals surface area contributed by atoms with Crippen molar-refractivity contribution in [2.75, 3.05) is 7.05 Å². The topological polar surface area (TPSA) is 77.1 Å². The molecule has 1 aromatic carbocycles. The summed E-state index contributed by atoms with van der Waals surface area (Å²) in [5, 5.41) is 7.90. The number of imidazole rings is 1. The van der Waals surface area contributed by atoms with Crippen LogP contribution in [-0.4, -0.2) is 37.6 Å². The van der Waals surface area contributed by atoms with E-state index in [0.717, 1.165) is 16.9 Å². The Hall–Kier alpha value is -2.96. The lowest BCUT2D eigenvalue weighted by molar-refractivity contribution is 0.0788. The van der Waals surface area contributed by atoms with Crippen LogP contribution in [0.4, 0.5) is 0 Å². The zero-order valence-corrected chi connectivity index (χ0v) is 13.1. The van der Waals surface area contributed by atoms with Crippen LogP contribution in [0.25, 0.3) is 17.3 Å². The normalized spacial score (nSPS) is 13.7. The van der Waals surface area contributed by atoms with Gasteiger partial charge in [0, 0.05) is 14.0 Å². The molecule has 0 atom stereocenters. The fourth-order valence-corrected chi connectivity index (χ4v) is 2.84. The van der Waals surface area contributed by atoms with E-state index in [-0.39, 0.29) is 5.91 Å². The predicted octanol–water partition coefficient (Wildman–Crippen LogP) is 2.12. The molecule has 0 spiro atoms. The number of amides is 1. The molecule has 0 saturated carbocycles. The summed E-state index contributed by atoms with van der Waals surface area (Å²) in [6.07, 6.45) is 1.70. The van der Waals surface area contributed by atoms with Crippen molar-refractivity contribution in [1.29, 1.82) is 0 Å². The van der Waals surface area contributed by atoms with Crippen molar-refractivity contribution >= 4 is 5.91 Å². The second-order valence-corrected chi connectivity index (χ2v) is 5.72. The summed E-state index contributed by atoms with van der Waals surface area (Å²) in [5.41, 5.74) is 3.99. The summed E-state index contributed by atoms with van der Waals surface area (Å²) in [4.78, 5) is 18.8. The molecule has 0 unspecified atom stereocenters. The van der Waals surface area contributed by atoms with Crippen molar-refractivity contribution in [1.82, 2.24) is 24.6 Å². The molecule has 7 nitrogen and oxygen atoms in total. The molecule has 3 heterocycles. The Balaban J connectivity index is 1.96. The Labute approximate surface area is 132 Å².